The smallest absolute Gasteiger partial charge is 0.0592 e. The summed E-state index contributed by atoms with van der Waals surface area (Å²) >= 11 is 5.17. The minimum atomic E-state index is 0.0992. The second kappa shape index (κ2) is 6.71. The molecule has 0 saturated heterocycles. The Bertz CT molecular complexity index is 319. The number of hydrogen-bond donors (Lipinski definition) is 2. The van der Waals surface area contributed by atoms with Gasteiger partial charge >= 0.3 is 0 Å². The first kappa shape index (κ1) is 14.1. The standard InChI is InChI=1S/C11H19BrN2OS/c1-3-9(13)11(14(2)4-5-15)10-6-8(12)7-16-10/h6-7,9,11,15H,3-5,13H2,1-2H3. The number of nitrogens with zero attached hydrogens (tertiary/aromatic N) is 1. The van der Waals surface area contributed by atoms with Gasteiger partial charge in [0, 0.05) is 27.3 Å². The van der Waals surface area contributed by atoms with Gasteiger partial charge in [0.05, 0.1) is 12.6 Å². The number of aliphatic hydroxyl groups excluding tert-OH is 1. The predicted molar refractivity (Wildman–Crippen MR) is 72.7 cm³/mol. The summed E-state index contributed by atoms with van der Waals surface area (Å²) in [6.07, 6.45) is 0.927. The SMILES string of the molecule is CCC(N)C(c1cc(Br)cs1)N(C)CCO. The summed E-state index contributed by atoms with van der Waals surface area (Å²) in [6, 6.07) is 2.40. The van der Waals surface area contributed by atoms with Crippen molar-refractivity contribution in [3.63, 3.8) is 0 Å². The predicted octanol–water partition coefficient (Wildman–Crippen LogP) is 2.21. The zero-order chi connectivity index (χ0) is 12.1. The van der Waals surface area contributed by atoms with Crippen LogP contribution >= 0.6 is 27.3 Å². The van der Waals surface area contributed by atoms with Crippen molar-refractivity contribution in [1.29, 1.82) is 0 Å². The molecule has 0 aliphatic carbocycles. The molecule has 2 atom stereocenters. The Morgan fingerprint density at radius 3 is 2.75 bits per heavy atom. The monoisotopic (exact) mass is 306 g/mol. The Morgan fingerprint density at radius 1 is 1.62 bits per heavy atom. The van der Waals surface area contributed by atoms with Gasteiger partial charge in [0.2, 0.25) is 0 Å². The lowest BCUT2D eigenvalue weighted by Gasteiger charge is -2.31. The van der Waals surface area contributed by atoms with Gasteiger partial charge in [-0.2, -0.15) is 0 Å². The Hall–Kier alpha value is 0.0600. The molecule has 16 heavy (non-hydrogen) atoms. The molecule has 5 heteroatoms. The van der Waals surface area contributed by atoms with Gasteiger partial charge in [-0.05, 0) is 35.5 Å². The number of rotatable bonds is 6. The average molecular weight is 307 g/mol. The fourth-order valence-corrected chi connectivity index (χ4v) is 3.44. The summed E-state index contributed by atoms with van der Waals surface area (Å²) in [7, 11) is 2.00. The van der Waals surface area contributed by atoms with Crippen LogP contribution in [0.1, 0.15) is 24.3 Å². The van der Waals surface area contributed by atoms with Gasteiger partial charge < -0.3 is 10.8 Å². The van der Waals surface area contributed by atoms with Gasteiger partial charge in [-0.15, -0.1) is 11.3 Å². The van der Waals surface area contributed by atoms with Crippen molar-refractivity contribution in [3.05, 3.63) is 20.8 Å². The minimum Gasteiger partial charge on any atom is -0.395 e. The lowest BCUT2D eigenvalue weighted by Crippen LogP contribution is -2.39. The van der Waals surface area contributed by atoms with Gasteiger partial charge in [-0.1, -0.05) is 6.92 Å². The molecule has 0 amide bonds. The minimum absolute atomic E-state index is 0.0992. The van der Waals surface area contributed by atoms with E-state index in [0.29, 0.717) is 6.54 Å². The van der Waals surface area contributed by atoms with Crippen LogP contribution in [0.15, 0.2) is 15.9 Å². The van der Waals surface area contributed by atoms with E-state index in [1.807, 2.05) is 7.05 Å². The molecule has 0 spiro atoms. The van der Waals surface area contributed by atoms with E-state index in [0.717, 1.165) is 10.9 Å². The molecular weight excluding hydrogens is 288 g/mol. The highest BCUT2D eigenvalue weighted by atomic mass is 79.9. The van der Waals surface area contributed by atoms with Crippen LogP contribution in [0, 0.1) is 0 Å². The van der Waals surface area contributed by atoms with Gasteiger partial charge in [-0.3, -0.25) is 4.90 Å². The topological polar surface area (TPSA) is 49.5 Å². The summed E-state index contributed by atoms with van der Waals surface area (Å²) in [4.78, 5) is 3.36. The number of likely N-dealkylation sites (N-methyl/N-ethyl adjacent to an activating group) is 1. The van der Waals surface area contributed by atoms with Crippen LogP contribution in [-0.2, 0) is 0 Å². The Morgan fingerprint density at radius 2 is 2.31 bits per heavy atom. The first-order valence-corrected chi connectivity index (χ1v) is 7.08. The summed E-state index contributed by atoms with van der Waals surface area (Å²) in [5, 5.41) is 11.1. The molecule has 3 N–H and O–H groups in total. The second-order valence-electron chi connectivity index (χ2n) is 3.89. The van der Waals surface area contributed by atoms with E-state index >= 15 is 0 Å². The molecule has 92 valence electrons. The summed E-state index contributed by atoms with van der Waals surface area (Å²) in [5.74, 6) is 0. The number of halogens is 1. The van der Waals surface area contributed by atoms with E-state index in [9.17, 15) is 0 Å². The van der Waals surface area contributed by atoms with Crippen LogP contribution in [0.4, 0.5) is 0 Å². The number of aliphatic hydroxyl groups is 1. The Labute approximate surface area is 109 Å². The molecule has 1 aromatic heterocycles. The molecule has 0 bridgehead atoms. The quantitative estimate of drug-likeness (QED) is 0.847. The molecule has 0 saturated carbocycles. The molecule has 0 aromatic carbocycles. The zero-order valence-corrected chi connectivity index (χ0v) is 12.1. The third-order valence-electron chi connectivity index (χ3n) is 2.68. The lowest BCUT2D eigenvalue weighted by atomic mass is 10.0. The van der Waals surface area contributed by atoms with Crippen molar-refractivity contribution < 1.29 is 5.11 Å². The number of thiophene rings is 1. The highest BCUT2D eigenvalue weighted by molar-refractivity contribution is 9.10. The Balaban J connectivity index is 2.86. The van der Waals surface area contributed by atoms with Crippen molar-refractivity contribution in [2.45, 2.75) is 25.4 Å². The first-order chi connectivity index (χ1) is 7.60. The van der Waals surface area contributed by atoms with E-state index in [-0.39, 0.29) is 18.7 Å². The molecule has 0 radical (unpaired) electrons. The maximum absolute atomic E-state index is 9.00. The van der Waals surface area contributed by atoms with Crippen molar-refractivity contribution in [3.8, 4) is 0 Å². The largest absolute Gasteiger partial charge is 0.395 e. The van der Waals surface area contributed by atoms with Gasteiger partial charge in [-0.25, -0.2) is 0 Å². The lowest BCUT2D eigenvalue weighted by molar-refractivity contribution is 0.164. The van der Waals surface area contributed by atoms with Crippen LogP contribution in [0.2, 0.25) is 0 Å². The van der Waals surface area contributed by atoms with Crippen molar-refractivity contribution in [1.82, 2.24) is 4.90 Å². The van der Waals surface area contributed by atoms with Gasteiger partial charge in [0.15, 0.2) is 0 Å². The Kier molecular flexibility index (Phi) is 5.92. The number of hydrogen-bond acceptors (Lipinski definition) is 4. The van der Waals surface area contributed by atoms with E-state index in [1.165, 1.54) is 4.88 Å². The molecule has 1 rings (SSSR count). The van der Waals surface area contributed by atoms with Crippen LogP contribution < -0.4 is 5.73 Å². The van der Waals surface area contributed by atoms with E-state index in [1.54, 1.807) is 11.3 Å². The highest BCUT2D eigenvalue weighted by Gasteiger charge is 2.24. The molecule has 0 fully saturated rings. The van der Waals surface area contributed by atoms with E-state index in [4.69, 9.17) is 10.8 Å². The molecule has 0 aliphatic heterocycles. The van der Waals surface area contributed by atoms with Crippen LogP contribution in [0.5, 0.6) is 0 Å². The average Bonchev–Trinajstić information content (AvgIpc) is 2.65. The summed E-state index contributed by atoms with van der Waals surface area (Å²) < 4.78 is 1.10. The highest BCUT2D eigenvalue weighted by Crippen LogP contribution is 2.31. The van der Waals surface area contributed by atoms with Crippen LogP contribution in [0.3, 0.4) is 0 Å². The van der Waals surface area contributed by atoms with E-state index < -0.39 is 0 Å². The van der Waals surface area contributed by atoms with Crippen LogP contribution in [0.25, 0.3) is 0 Å². The van der Waals surface area contributed by atoms with Gasteiger partial charge in [0.1, 0.15) is 0 Å². The second-order valence-corrected chi connectivity index (χ2v) is 5.75. The third kappa shape index (κ3) is 3.53. The fourth-order valence-electron chi connectivity index (χ4n) is 1.76. The summed E-state index contributed by atoms with van der Waals surface area (Å²) in [6.45, 7) is 2.90. The molecule has 3 nitrogen and oxygen atoms in total. The van der Waals surface area contributed by atoms with Crippen LogP contribution in [-0.4, -0.2) is 36.2 Å². The fraction of sp³-hybridized carbons (Fsp3) is 0.636. The number of nitrogens with two attached hydrogens (primary N) is 1. The van der Waals surface area contributed by atoms with Crippen molar-refractivity contribution >= 4 is 27.3 Å². The molecule has 0 aliphatic rings. The van der Waals surface area contributed by atoms with Crippen molar-refractivity contribution in [2.75, 3.05) is 20.2 Å². The van der Waals surface area contributed by atoms with E-state index in [2.05, 4.69) is 39.2 Å². The molecular formula is C11H19BrN2OS. The summed E-state index contributed by atoms with van der Waals surface area (Å²) in [5.41, 5.74) is 6.16. The molecule has 1 heterocycles. The molecule has 2 unspecified atom stereocenters. The first-order valence-electron chi connectivity index (χ1n) is 5.40. The third-order valence-corrected chi connectivity index (χ3v) is 4.45. The van der Waals surface area contributed by atoms with Crippen molar-refractivity contribution in [2.24, 2.45) is 5.73 Å². The maximum atomic E-state index is 9.00. The zero-order valence-electron chi connectivity index (χ0n) is 9.69. The maximum Gasteiger partial charge on any atom is 0.0592 e. The van der Waals surface area contributed by atoms with Gasteiger partial charge in [0.25, 0.3) is 0 Å². The molecule has 1 aromatic rings. The normalized spacial score (nSPS) is 15.4.